The van der Waals surface area contributed by atoms with E-state index >= 15 is 0 Å². The van der Waals surface area contributed by atoms with Crippen LogP contribution in [-0.2, 0) is 32.5 Å². The molecular weight excluding hydrogens is 474 g/mol. The Morgan fingerprint density at radius 3 is 2.49 bits per heavy atom. The number of hydrogen-bond acceptors (Lipinski definition) is 5. The third-order valence-electron chi connectivity index (χ3n) is 6.01. The molecule has 0 aromatic heterocycles. The van der Waals surface area contributed by atoms with Crippen molar-refractivity contribution >= 4 is 23.5 Å². The smallest absolute Gasteiger partial charge is 0.416 e. The number of esters is 1. The van der Waals surface area contributed by atoms with Crippen LogP contribution < -0.4 is 5.32 Å². The van der Waals surface area contributed by atoms with E-state index in [1.807, 2.05) is 5.92 Å². The molecular formula is C24H17F4NO6. The van der Waals surface area contributed by atoms with E-state index in [1.54, 1.807) is 5.92 Å². The molecule has 0 bridgehead atoms. The zero-order chi connectivity index (χ0) is 25.6. The maximum absolute atomic E-state index is 14.6. The molecule has 182 valence electrons. The third-order valence-corrected chi connectivity index (χ3v) is 6.01. The summed E-state index contributed by atoms with van der Waals surface area (Å²) >= 11 is 0. The minimum Gasteiger partial charge on any atom is -0.472 e. The van der Waals surface area contributed by atoms with Crippen molar-refractivity contribution in [3.63, 3.8) is 0 Å². The van der Waals surface area contributed by atoms with E-state index in [0.717, 1.165) is 0 Å². The molecule has 35 heavy (non-hydrogen) atoms. The van der Waals surface area contributed by atoms with E-state index < -0.39 is 52.8 Å². The first-order valence-electron chi connectivity index (χ1n) is 10.3. The first-order chi connectivity index (χ1) is 16.3. The first kappa shape index (κ1) is 24.2. The van der Waals surface area contributed by atoms with Crippen LogP contribution in [0.5, 0.6) is 0 Å². The maximum atomic E-state index is 14.6. The van der Waals surface area contributed by atoms with Gasteiger partial charge in [0, 0.05) is 29.0 Å². The predicted molar refractivity (Wildman–Crippen MR) is 111 cm³/mol. The van der Waals surface area contributed by atoms with Crippen LogP contribution in [0.3, 0.4) is 0 Å². The van der Waals surface area contributed by atoms with Gasteiger partial charge >= 0.3 is 18.1 Å². The van der Waals surface area contributed by atoms with Crippen molar-refractivity contribution in [3.05, 3.63) is 64.5 Å². The number of hydrogen-bond donors (Lipinski definition) is 3. The Morgan fingerprint density at radius 2 is 1.86 bits per heavy atom. The van der Waals surface area contributed by atoms with Crippen molar-refractivity contribution in [1.82, 2.24) is 0 Å². The number of alkyl halides is 3. The number of halogens is 4. The lowest BCUT2D eigenvalue weighted by Crippen LogP contribution is -2.45. The molecule has 2 aliphatic rings. The molecule has 4 rings (SSSR count). The number of aliphatic hydroxyl groups is 1. The van der Waals surface area contributed by atoms with Crippen LogP contribution in [0.4, 0.5) is 23.2 Å². The van der Waals surface area contributed by atoms with Crippen LogP contribution in [0.15, 0.2) is 36.4 Å². The summed E-state index contributed by atoms with van der Waals surface area (Å²) in [5.74, 6) is -0.657. The van der Waals surface area contributed by atoms with E-state index in [9.17, 15) is 37.1 Å². The van der Waals surface area contributed by atoms with Gasteiger partial charge in [-0.15, -0.1) is 0 Å². The summed E-state index contributed by atoms with van der Waals surface area (Å²) < 4.78 is 59.0. The average molecular weight is 491 g/mol. The molecule has 2 aromatic rings. The molecule has 1 unspecified atom stereocenters. The molecule has 1 fully saturated rings. The summed E-state index contributed by atoms with van der Waals surface area (Å²) in [6.07, 6.45) is -5.09. The van der Waals surface area contributed by atoms with Gasteiger partial charge in [-0.2, -0.15) is 13.2 Å². The van der Waals surface area contributed by atoms with Crippen LogP contribution in [0.2, 0.25) is 0 Å². The summed E-state index contributed by atoms with van der Waals surface area (Å²) in [6.45, 7) is -0.0289. The fraction of sp³-hybridized carbons (Fsp3) is 0.292. The first-order valence-corrected chi connectivity index (χ1v) is 10.3. The van der Waals surface area contributed by atoms with Crippen molar-refractivity contribution in [1.29, 1.82) is 0 Å². The number of anilines is 1. The zero-order valence-electron chi connectivity index (χ0n) is 17.8. The number of carboxylic acids is 1. The van der Waals surface area contributed by atoms with Crippen LogP contribution in [0.1, 0.15) is 46.3 Å². The number of nitrogens with one attached hydrogen (secondary N) is 1. The third kappa shape index (κ3) is 4.83. The van der Waals surface area contributed by atoms with Gasteiger partial charge in [-0.3, -0.25) is 4.79 Å². The molecule has 1 atom stereocenters. The Morgan fingerprint density at radius 1 is 1.14 bits per heavy atom. The highest BCUT2D eigenvalue weighted by Crippen LogP contribution is 2.55. The molecule has 7 nitrogen and oxygen atoms in total. The maximum Gasteiger partial charge on any atom is 0.416 e. The fourth-order valence-corrected chi connectivity index (χ4v) is 4.07. The van der Waals surface area contributed by atoms with Crippen LogP contribution >= 0.6 is 0 Å². The Hall–Kier alpha value is -3.91. The Balaban J connectivity index is 1.66. The van der Waals surface area contributed by atoms with Gasteiger partial charge in [0.2, 0.25) is 5.60 Å². The van der Waals surface area contributed by atoms with Crippen LogP contribution in [0, 0.1) is 17.7 Å². The van der Waals surface area contributed by atoms with Crippen molar-refractivity contribution in [2.75, 3.05) is 5.32 Å². The lowest BCUT2D eigenvalue weighted by Gasteiger charge is -2.27. The monoisotopic (exact) mass is 491 g/mol. The van der Waals surface area contributed by atoms with E-state index in [1.165, 1.54) is 18.2 Å². The quantitative estimate of drug-likeness (QED) is 0.336. The zero-order valence-corrected chi connectivity index (χ0v) is 17.8. The second-order valence-corrected chi connectivity index (χ2v) is 8.47. The molecule has 3 N–H and O–H groups in total. The summed E-state index contributed by atoms with van der Waals surface area (Å²) in [5, 5.41) is 22.4. The van der Waals surface area contributed by atoms with Crippen molar-refractivity contribution in [2.45, 2.75) is 43.1 Å². The summed E-state index contributed by atoms with van der Waals surface area (Å²) in [7, 11) is 0. The SMILES string of the molecule is O=C(O)C#CC(O)(CC1(c2cc(C(F)(F)F)ccc2F)CC1)C(=O)Nc1ccc2c(c1)COC2=O. The summed E-state index contributed by atoms with van der Waals surface area (Å²) in [4.78, 5) is 35.6. The van der Waals surface area contributed by atoms with E-state index in [4.69, 9.17) is 9.84 Å². The van der Waals surface area contributed by atoms with Crippen molar-refractivity contribution < 1.29 is 46.9 Å². The Labute approximate surface area is 195 Å². The van der Waals surface area contributed by atoms with E-state index in [-0.39, 0.29) is 30.7 Å². The number of ether oxygens (including phenoxy) is 1. The van der Waals surface area contributed by atoms with Gasteiger partial charge < -0.3 is 20.3 Å². The molecule has 1 saturated carbocycles. The molecule has 1 aliphatic carbocycles. The van der Waals surface area contributed by atoms with Crippen LogP contribution in [-0.4, -0.2) is 33.7 Å². The average Bonchev–Trinajstić information content (AvgIpc) is 3.46. The van der Waals surface area contributed by atoms with Gasteiger partial charge in [-0.05, 0) is 60.7 Å². The molecule has 0 radical (unpaired) electrons. The predicted octanol–water partition coefficient (Wildman–Crippen LogP) is 3.39. The second kappa shape index (κ2) is 8.39. The number of amides is 1. The van der Waals surface area contributed by atoms with E-state index in [2.05, 4.69) is 5.32 Å². The standard InChI is InChI=1S/C24H17F4NO6/c25-18-4-1-14(24(26,27)28)10-17(18)22(7-8-22)12-23(34,6-5-19(30)31)21(33)29-15-2-3-16-13(9-15)11-35-20(16)32/h1-4,9-10,34H,7-8,11-12H2,(H,29,33)(H,30,31). The summed E-state index contributed by atoms with van der Waals surface area (Å²) in [6, 6.07) is 6.04. The lowest BCUT2D eigenvalue weighted by molar-refractivity contribution is -0.138. The van der Waals surface area contributed by atoms with E-state index in [0.29, 0.717) is 29.3 Å². The molecule has 11 heteroatoms. The van der Waals surface area contributed by atoms with Gasteiger partial charge in [0.15, 0.2) is 0 Å². The van der Waals surface area contributed by atoms with Crippen molar-refractivity contribution in [2.24, 2.45) is 0 Å². The molecule has 1 heterocycles. The number of fused-ring (bicyclic) bond motifs is 1. The highest BCUT2D eigenvalue weighted by atomic mass is 19.4. The Kier molecular flexibility index (Phi) is 5.81. The van der Waals surface area contributed by atoms with Gasteiger partial charge in [-0.25, -0.2) is 14.0 Å². The fourth-order valence-electron chi connectivity index (χ4n) is 4.07. The minimum absolute atomic E-state index is 0.0289. The highest BCUT2D eigenvalue weighted by Gasteiger charge is 2.54. The number of rotatable bonds is 5. The Bertz CT molecular complexity index is 1310. The number of carbonyl (C=O) groups is 3. The molecule has 0 saturated heterocycles. The number of carboxylic acid groups (broad SMARTS) is 1. The minimum atomic E-state index is -4.74. The van der Waals surface area contributed by atoms with Crippen LogP contribution in [0.25, 0.3) is 0 Å². The molecule has 1 aliphatic heterocycles. The van der Waals surface area contributed by atoms with Gasteiger partial charge in [0.1, 0.15) is 12.4 Å². The van der Waals surface area contributed by atoms with Gasteiger partial charge in [0.05, 0.1) is 11.1 Å². The number of benzene rings is 2. The van der Waals surface area contributed by atoms with Gasteiger partial charge in [0.25, 0.3) is 5.91 Å². The number of aliphatic carboxylic acids is 1. The number of carbonyl (C=O) groups excluding carboxylic acids is 2. The molecule has 1 amide bonds. The lowest BCUT2D eigenvalue weighted by atomic mass is 9.82. The largest absolute Gasteiger partial charge is 0.472 e. The topological polar surface area (TPSA) is 113 Å². The second-order valence-electron chi connectivity index (χ2n) is 8.47. The highest BCUT2D eigenvalue weighted by molar-refractivity contribution is 6.02. The molecule has 0 spiro atoms. The van der Waals surface area contributed by atoms with Crippen molar-refractivity contribution in [3.8, 4) is 11.8 Å². The molecule has 2 aromatic carbocycles. The summed E-state index contributed by atoms with van der Waals surface area (Å²) in [5.41, 5.74) is -4.58. The number of cyclic esters (lactones) is 1. The van der Waals surface area contributed by atoms with Gasteiger partial charge in [-0.1, -0.05) is 0 Å². The normalized spacial score (nSPS) is 17.3.